The SMILES string of the molecule is C=CC(=O)c1ccc(OC(=O)C2CCC(C3CCC(CCC)CC3)CC2)cc1. The van der Waals surface area contributed by atoms with Crippen LogP contribution in [0.2, 0.25) is 0 Å². The fourth-order valence-corrected chi connectivity index (χ4v) is 5.19. The molecule has 0 aromatic heterocycles. The molecule has 2 aliphatic carbocycles. The predicted molar refractivity (Wildman–Crippen MR) is 112 cm³/mol. The first kappa shape index (κ1) is 20.8. The summed E-state index contributed by atoms with van der Waals surface area (Å²) in [6, 6.07) is 6.74. The van der Waals surface area contributed by atoms with E-state index in [9.17, 15) is 9.59 Å². The molecule has 0 heterocycles. The van der Waals surface area contributed by atoms with Crippen LogP contribution in [0.5, 0.6) is 5.75 Å². The van der Waals surface area contributed by atoms with Crippen molar-refractivity contribution in [3.63, 3.8) is 0 Å². The number of hydrogen-bond donors (Lipinski definition) is 0. The lowest BCUT2D eigenvalue weighted by Crippen LogP contribution is -2.30. The molecule has 152 valence electrons. The average molecular weight is 383 g/mol. The summed E-state index contributed by atoms with van der Waals surface area (Å²) >= 11 is 0. The monoisotopic (exact) mass is 382 g/mol. The highest BCUT2D eigenvalue weighted by Gasteiger charge is 2.33. The Kier molecular flexibility index (Phi) is 7.47. The molecule has 0 saturated heterocycles. The molecule has 0 N–H and O–H groups in total. The predicted octanol–water partition coefficient (Wildman–Crippen LogP) is 6.37. The van der Waals surface area contributed by atoms with Crippen molar-refractivity contribution in [2.75, 3.05) is 0 Å². The minimum atomic E-state index is -0.125. The van der Waals surface area contributed by atoms with Gasteiger partial charge in [0.15, 0.2) is 5.78 Å². The van der Waals surface area contributed by atoms with Crippen molar-refractivity contribution in [2.24, 2.45) is 23.7 Å². The molecule has 0 bridgehead atoms. The summed E-state index contributed by atoms with van der Waals surface area (Å²) in [6.45, 7) is 5.78. The molecule has 0 amide bonds. The molecule has 1 aromatic carbocycles. The number of allylic oxidation sites excluding steroid dienone is 1. The molecule has 3 rings (SSSR count). The van der Waals surface area contributed by atoms with Gasteiger partial charge in [0.1, 0.15) is 5.75 Å². The van der Waals surface area contributed by atoms with Gasteiger partial charge in [-0.2, -0.15) is 0 Å². The third-order valence-electron chi connectivity index (χ3n) is 6.90. The minimum Gasteiger partial charge on any atom is -0.426 e. The van der Waals surface area contributed by atoms with Gasteiger partial charge in [-0.3, -0.25) is 9.59 Å². The Labute approximate surface area is 169 Å². The minimum absolute atomic E-state index is 0.0159. The van der Waals surface area contributed by atoms with E-state index in [1.54, 1.807) is 24.3 Å². The van der Waals surface area contributed by atoms with E-state index in [0.717, 1.165) is 43.4 Å². The van der Waals surface area contributed by atoms with E-state index >= 15 is 0 Å². The Balaban J connectivity index is 1.44. The van der Waals surface area contributed by atoms with E-state index in [1.807, 2.05) is 0 Å². The zero-order valence-electron chi connectivity index (χ0n) is 17.2. The number of ether oxygens (including phenoxy) is 1. The molecular formula is C25H34O3. The van der Waals surface area contributed by atoms with Gasteiger partial charge in [-0.1, -0.05) is 39.2 Å². The fourth-order valence-electron chi connectivity index (χ4n) is 5.19. The van der Waals surface area contributed by atoms with Crippen molar-refractivity contribution >= 4 is 11.8 Å². The highest BCUT2D eigenvalue weighted by molar-refractivity contribution is 6.04. The molecule has 0 radical (unpaired) electrons. The van der Waals surface area contributed by atoms with Gasteiger partial charge >= 0.3 is 5.97 Å². The molecule has 2 aliphatic rings. The molecule has 2 saturated carbocycles. The molecule has 1 aromatic rings. The Morgan fingerprint density at radius 3 is 2.07 bits per heavy atom. The summed E-state index contributed by atoms with van der Waals surface area (Å²) in [6.07, 6.45) is 13.8. The molecule has 0 atom stereocenters. The normalized spacial score (nSPS) is 27.8. The molecule has 0 unspecified atom stereocenters. The van der Waals surface area contributed by atoms with Crippen molar-refractivity contribution in [1.82, 2.24) is 0 Å². The van der Waals surface area contributed by atoms with Crippen molar-refractivity contribution in [2.45, 2.75) is 71.1 Å². The first-order valence-electron chi connectivity index (χ1n) is 11.1. The first-order valence-corrected chi connectivity index (χ1v) is 11.1. The summed E-state index contributed by atoms with van der Waals surface area (Å²) in [4.78, 5) is 24.1. The highest BCUT2D eigenvalue weighted by Crippen LogP contribution is 2.42. The second-order valence-corrected chi connectivity index (χ2v) is 8.70. The Morgan fingerprint density at radius 2 is 1.54 bits per heavy atom. The van der Waals surface area contributed by atoms with Crippen LogP contribution >= 0.6 is 0 Å². The maximum atomic E-state index is 12.5. The quantitative estimate of drug-likeness (QED) is 0.238. The zero-order chi connectivity index (χ0) is 19.9. The van der Waals surface area contributed by atoms with Crippen LogP contribution in [0.4, 0.5) is 0 Å². The maximum Gasteiger partial charge on any atom is 0.314 e. The number of carbonyl (C=O) groups is 2. The van der Waals surface area contributed by atoms with Crippen LogP contribution < -0.4 is 4.74 Å². The van der Waals surface area contributed by atoms with E-state index < -0.39 is 0 Å². The number of ketones is 1. The Hall–Kier alpha value is -1.90. The highest BCUT2D eigenvalue weighted by atomic mass is 16.5. The van der Waals surface area contributed by atoms with Crippen molar-refractivity contribution in [3.05, 3.63) is 42.5 Å². The zero-order valence-corrected chi connectivity index (χ0v) is 17.2. The standard InChI is InChI=1S/C25H34O3/c1-3-5-18-6-8-19(9-7-18)20-10-12-22(13-11-20)25(27)28-23-16-14-21(15-17-23)24(26)4-2/h4,14-20,22H,2-3,5-13H2,1H3. The van der Waals surface area contributed by atoms with Gasteiger partial charge in [-0.15, -0.1) is 0 Å². The lowest BCUT2D eigenvalue weighted by atomic mass is 9.69. The lowest BCUT2D eigenvalue weighted by molar-refractivity contribution is -0.140. The molecule has 2 fully saturated rings. The summed E-state index contributed by atoms with van der Waals surface area (Å²) in [5.74, 6) is 2.92. The van der Waals surface area contributed by atoms with Gasteiger partial charge in [0.2, 0.25) is 0 Å². The number of hydrogen-bond acceptors (Lipinski definition) is 3. The summed E-state index contributed by atoms with van der Waals surface area (Å²) < 4.78 is 5.57. The molecule has 0 aliphatic heterocycles. The van der Waals surface area contributed by atoms with Crippen molar-refractivity contribution in [3.8, 4) is 5.75 Å². The molecule has 3 heteroatoms. The van der Waals surface area contributed by atoms with Crippen LogP contribution in [-0.4, -0.2) is 11.8 Å². The van der Waals surface area contributed by atoms with Crippen LogP contribution in [0, 0.1) is 23.7 Å². The molecule has 3 nitrogen and oxygen atoms in total. The van der Waals surface area contributed by atoms with Gasteiger partial charge < -0.3 is 4.74 Å². The van der Waals surface area contributed by atoms with E-state index in [0.29, 0.717) is 11.3 Å². The van der Waals surface area contributed by atoms with Crippen LogP contribution in [0.25, 0.3) is 0 Å². The summed E-state index contributed by atoms with van der Waals surface area (Å²) in [5, 5.41) is 0. The number of esters is 1. The third-order valence-corrected chi connectivity index (χ3v) is 6.90. The number of carbonyl (C=O) groups excluding carboxylic acids is 2. The molecular weight excluding hydrogens is 348 g/mol. The van der Waals surface area contributed by atoms with E-state index in [2.05, 4.69) is 13.5 Å². The smallest absolute Gasteiger partial charge is 0.314 e. The second kappa shape index (κ2) is 10.0. The lowest BCUT2D eigenvalue weighted by Gasteiger charge is -2.37. The maximum absolute atomic E-state index is 12.5. The van der Waals surface area contributed by atoms with Crippen molar-refractivity contribution < 1.29 is 14.3 Å². The third kappa shape index (κ3) is 5.33. The van der Waals surface area contributed by atoms with E-state index in [4.69, 9.17) is 4.74 Å². The second-order valence-electron chi connectivity index (χ2n) is 8.70. The van der Waals surface area contributed by atoms with Gasteiger partial charge in [-0.25, -0.2) is 0 Å². The topological polar surface area (TPSA) is 43.4 Å². The van der Waals surface area contributed by atoms with Crippen LogP contribution in [0.1, 0.15) is 81.5 Å². The Bertz CT molecular complexity index is 660. The largest absolute Gasteiger partial charge is 0.426 e. The number of rotatable bonds is 7. The van der Waals surface area contributed by atoms with Gasteiger partial charge in [0, 0.05) is 5.56 Å². The number of benzene rings is 1. The first-order chi connectivity index (χ1) is 13.6. The van der Waals surface area contributed by atoms with E-state index in [-0.39, 0.29) is 17.7 Å². The fraction of sp³-hybridized carbons (Fsp3) is 0.600. The molecule has 0 spiro atoms. The van der Waals surface area contributed by atoms with Gasteiger partial charge in [-0.05, 0) is 86.6 Å². The molecule has 28 heavy (non-hydrogen) atoms. The van der Waals surface area contributed by atoms with Crippen LogP contribution in [0.3, 0.4) is 0 Å². The summed E-state index contributed by atoms with van der Waals surface area (Å²) in [5.41, 5.74) is 0.559. The summed E-state index contributed by atoms with van der Waals surface area (Å²) in [7, 11) is 0. The van der Waals surface area contributed by atoms with Gasteiger partial charge in [0.05, 0.1) is 5.92 Å². The van der Waals surface area contributed by atoms with Crippen LogP contribution in [0.15, 0.2) is 36.9 Å². The Morgan fingerprint density at radius 1 is 0.964 bits per heavy atom. The average Bonchev–Trinajstić information content (AvgIpc) is 2.74. The van der Waals surface area contributed by atoms with Crippen LogP contribution in [-0.2, 0) is 4.79 Å². The van der Waals surface area contributed by atoms with E-state index in [1.165, 1.54) is 44.6 Å². The van der Waals surface area contributed by atoms with Gasteiger partial charge in [0.25, 0.3) is 0 Å². The van der Waals surface area contributed by atoms with Crippen molar-refractivity contribution in [1.29, 1.82) is 0 Å².